The third kappa shape index (κ3) is 1.64. The second-order valence-electron chi connectivity index (χ2n) is 2.39. The maximum absolute atomic E-state index is 10.1. The van der Waals surface area contributed by atoms with Crippen molar-refractivity contribution in [3.05, 3.63) is 23.2 Å². The topological polar surface area (TPSA) is 42.0 Å². The summed E-state index contributed by atoms with van der Waals surface area (Å²) in [6, 6.07) is 5.42. The minimum absolute atomic E-state index is 0.590. The van der Waals surface area contributed by atoms with Crippen molar-refractivity contribution in [2.45, 2.75) is 0 Å². The number of halogens is 1. The SMILES string of the molecule is O=CNc1nc2ccc(Cl)cc2s1. The first-order chi connectivity index (χ1) is 6.29. The molecule has 0 aliphatic rings. The summed E-state index contributed by atoms with van der Waals surface area (Å²) in [5.41, 5.74) is 0.846. The Morgan fingerprint density at radius 2 is 2.38 bits per heavy atom. The summed E-state index contributed by atoms with van der Waals surface area (Å²) in [5, 5.41) is 3.77. The van der Waals surface area contributed by atoms with Gasteiger partial charge in [-0.1, -0.05) is 22.9 Å². The second-order valence-corrected chi connectivity index (χ2v) is 3.86. The Bertz CT molecular complexity index is 454. The Hall–Kier alpha value is -1.13. The predicted octanol–water partition coefficient (Wildman–Crippen LogP) is 2.52. The number of aromatic nitrogens is 1. The maximum Gasteiger partial charge on any atom is 0.213 e. The molecule has 0 unspecified atom stereocenters. The van der Waals surface area contributed by atoms with Gasteiger partial charge < -0.3 is 5.32 Å². The van der Waals surface area contributed by atoms with E-state index in [1.807, 2.05) is 12.1 Å². The number of anilines is 1. The smallest absolute Gasteiger partial charge is 0.213 e. The zero-order valence-corrected chi connectivity index (χ0v) is 8.02. The fourth-order valence-electron chi connectivity index (χ4n) is 1.01. The monoisotopic (exact) mass is 212 g/mol. The fraction of sp³-hybridized carbons (Fsp3) is 0. The van der Waals surface area contributed by atoms with Gasteiger partial charge in [0.15, 0.2) is 5.13 Å². The van der Waals surface area contributed by atoms with Crippen LogP contribution in [-0.2, 0) is 4.79 Å². The van der Waals surface area contributed by atoms with E-state index in [0.717, 1.165) is 10.2 Å². The van der Waals surface area contributed by atoms with Crippen molar-refractivity contribution in [3.8, 4) is 0 Å². The van der Waals surface area contributed by atoms with Crippen molar-refractivity contribution >= 4 is 44.7 Å². The third-order valence-corrected chi connectivity index (χ3v) is 2.72. The Morgan fingerprint density at radius 3 is 3.15 bits per heavy atom. The van der Waals surface area contributed by atoms with Gasteiger partial charge >= 0.3 is 0 Å². The van der Waals surface area contributed by atoms with Crippen LogP contribution >= 0.6 is 22.9 Å². The molecule has 1 aromatic carbocycles. The van der Waals surface area contributed by atoms with Crippen LogP contribution in [0.4, 0.5) is 5.13 Å². The first kappa shape index (κ1) is 8.47. The molecule has 0 aliphatic carbocycles. The maximum atomic E-state index is 10.1. The molecule has 0 fully saturated rings. The van der Waals surface area contributed by atoms with Crippen LogP contribution in [-0.4, -0.2) is 11.4 Å². The number of thiazole rings is 1. The number of carbonyl (C=O) groups excluding carboxylic acids is 1. The Morgan fingerprint density at radius 1 is 1.54 bits per heavy atom. The van der Waals surface area contributed by atoms with Gasteiger partial charge in [-0.2, -0.15) is 0 Å². The zero-order valence-electron chi connectivity index (χ0n) is 6.45. The molecule has 0 atom stereocenters. The lowest BCUT2D eigenvalue weighted by Crippen LogP contribution is -1.91. The van der Waals surface area contributed by atoms with Gasteiger partial charge in [0.1, 0.15) is 0 Å². The molecule has 0 spiro atoms. The summed E-state index contributed by atoms with van der Waals surface area (Å²) in [5.74, 6) is 0. The van der Waals surface area contributed by atoms with Gasteiger partial charge in [0, 0.05) is 5.02 Å². The number of carbonyl (C=O) groups is 1. The Kier molecular flexibility index (Phi) is 2.16. The van der Waals surface area contributed by atoms with E-state index in [-0.39, 0.29) is 0 Å². The van der Waals surface area contributed by atoms with Gasteiger partial charge in [0.25, 0.3) is 0 Å². The Balaban J connectivity index is 2.55. The van der Waals surface area contributed by atoms with E-state index in [0.29, 0.717) is 16.6 Å². The highest BCUT2D eigenvalue weighted by atomic mass is 35.5. The predicted molar refractivity (Wildman–Crippen MR) is 54.3 cm³/mol. The van der Waals surface area contributed by atoms with Gasteiger partial charge in [-0.05, 0) is 18.2 Å². The van der Waals surface area contributed by atoms with E-state index >= 15 is 0 Å². The molecule has 2 aromatic rings. The van der Waals surface area contributed by atoms with E-state index in [4.69, 9.17) is 11.6 Å². The minimum Gasteiger partial charge on any atom is -0.305 e. The third-order valence-electron chi connectivity index (χ3n) is 1.53. The van der Waals surface area contributed by atoms with Gasteiger partial charge in [-0.25, -0.2) is 4.98 Å². The molecule has 1 N–H and O–H groups in total. The van der Waals surface area contributed by atoms with E-state index in [2.05, 4.69) is 10.3 Å². The number of nitrogens with zero attached hydrogens (tertiary/aromatic N) is 1. The van der Waals surface area contributed by atoms with Crippen LogP contribution in [0, 0.1) is 0 Å². The number of amides is 1. The summed E-state index contributed by atoms with van der Waals surface area (Å²) in [4.78, 5) is 14.3. The molecule has 0 bridgehead atoms. The van der Waals surface area contributed by atoms with Gasteiger partial charge in [0.05, 0.1) is 10.2 Å². The molecule has 0 radical (unpaired) electrons. The molecule has 0 saturated carbocycles. The van der Waals surface area contributed by atoms with Gasteiger partial charge in [-0.15, -0.1) is 0 Å². The summed E-state index contributed by atoms with van der Waals surface area (Å²) >= 11 is 7.19. The van der Waals surface area contributed by atoms with E-state index in [1.54, 1.807) is 6.07 Å². The molecular weight excluding hydrogens is 208 g/mol. The summed E-state index contributed by atoms with van der Waals surface area (Å²) in [6.45, 7) is 0. The number of hydrogen-bond donors (Lipinski definition) is 1. The number of fused-ring (bicyclic) bond motifs is 1. The lowest BCUT2D eigenvalue weighted by atomic mass is 10.3. The van der Waals surface area contributed by atoms with E-state index < -0.39 is 0 Å². The molecule has 66 valence electrons. The molecule has 3 nitrogen and oxygen atoms in total. The van der Waals surface area contributed by atoms with Gasteiger partial charge in [-0.3, -0.25) is 4.79 Å². The first-order valence-electron chi connectivity index (χ1n) is 3.56. The first-order valence-corrected chi connectivity index (χ1v) is 4.75. The normalized spacial score (nSPS) is 10.2. The lowest BCUT2D eigenvalue weighted by molar-refractivity contribution is -0.105. The van der Waals surface area contributed by atoms with Crippen LogP contribution in [0.25, 0.3) is 10.2 Å². The highest BCUT2D eigenvalue weighted by Gasteiger charge is 2.02. The van der Waals surface area contributed by atoms with Crippen molar-refractivity contribution in [2.24, 2.45) is 0 Å². The molecule has 5 heteroatoms. The van der Waals surface area contributed by atoms with Crippen LogP contribution in [0.2, 0.25) is 5.02 Å². The zero-order chi connectivity index (χ0) is 9.26. The standard InChI is InChI=1S/C8H5ClN2OS/c9-5-1-2-6-7(3-5)13-8(11-6)10-4-12/h1-4H,(H,10,11,12). The molecular formula is C8H5ClN2OS. The number of hydrogen-bond acceptors (Lipinski definition) is 3. The summed E-state index contributed by atoms with van der Waals surface area (Å²) < 4.78 is 0.969. The average Bonchev–Trinajstić information content (AvgIpc) is 2.46. The quantitative estimate of drug-likeness (QED) is 0.778. The van der Waals surface area contributed by atoms with Crippen molar-refractivity contribution in [1.29, 1.82) is 0 Å². The molecule has 1 aromatic heterocycles. The molecule has 2 rings (SSSR count). The molecule has 13 heavy (non-hydrogen) atoms. The van der Waals surface area contributed by atoms with Crippen molar-refractivity contribution in [3.63, 3.8) is 0 Å². The lowest BCUT2D eigenvalue weighted by Gasteiger charge is -1.86. The Labute approximate surface area is 83.4 Å². The van der Waals surface area contributed by atoms with Crippen LogP contribution in [0.3, 0.4) is 0 Å². The number of benzene rings is 1. The highest BCUT2D eigenvalue weighted by molar-refractivity contribution is 7.22. The number of rotatable bonds is 2. The largest absolute Gasteiger partial charge is 0.305 e. The average molecular weight is 213 g/mol. The van der Waals surface area contributed by atoms with Crippen LogP contribution in [0.1, 0.15) is 0 Å². The second kappa shape index (κ2) is 3.32. The van der Waals surface area contributed by atoms with Crippen molar-refractivity contribution < 1.29 is 4.79 Å². The molecule has 1 amide bonds. The van der Waals surface area contributed by atoms with Crippen molar-refractivity contribution in [1.82, 2.24) is 4.98 Å². The van der Waals surface area contributed by atoms with E-state index in [1.165, 1.54) is 11.3 Å². The van der Waals surface area contributed by atoms with Crippen LogP contribution < -0.4 is 5.32 Å². The molecule has 1 heterocycles. The molecule has 0 aliphatic heterocycles. The van der Waals surface area contributed by atoms with E-state index in [9.17, 15) is 4.79 Å². The van der Waals surface area contributed by atoms with Gasteiger partial charge in [0.2, 0.25) is 6.41 Å². The molecule has 0 saturated heterocycles. The number of nitrogens with one attached hydrogen (secondary N) is 1. The summed E-state index contributed by atoms with van der Waals surface area (Å²) in [6.07, 6.45) is 0.610. The van der Waals surface area contributed by atoms with Crippen molar-refractivity contribution in [2.75, 3.05) is 5.32 Å². The summed E-state index contributed by atoms with van der Waals surface area (Å²) in [7, 11) is 0. The van der Waals surface area contributed by atoms with Crippen LogP contribution in [0.5, 0.6) is 0 Å². The fourth-order valence-corrected chi connectivity index (χ4v) is 2.11. The highest BCUT2D eigenvalue weighted by Crippen LogP contribution is 2.27. The minimum atomic E-state index is 0.590. The van der Waals surface area contributed by atoms with Crippen LogP contribution in [0.15, 0.2) is 18.2 Å².